The van der Waals surface area contributed by atoms with Crippen molar-refractivity contribution in [3.8, 4) is 0 Å². The zero-order valence-electron chi connectivity index (χ0n) is 13.8. The topological polar surface area (TPSA) is 79.3 Å². The van der Waals surface area contributed by atoms with Crippen LogP contribution >= 0.6 is 0 Å². The Kier molecular flexibility index (Phi) is 6.05. The maximum absolute atomic E-state index is 9.02. The molecule has 3 rings (SSSR count). The largest absolute Gasteiger partial charge is 0.395 e. The van der Waals surface area contributed by atoms with Gasteiger partial charge < -0.3 is 20.5 Å². The minimum absolute atomic E-state index is 0.0749. The molecule has 1 aliphatic heterocycles. The van der Waals surface area contributed by atoms with Gasteiger partial charge in [-0.15, -0.1) is 0 Å². The SMILES string of the molecule is OCCNc1nc(NC2CCCCCC2)cc([C@@H]2CCOC2)n1. The molecule has 0 radical (unpaired) electrons. The summed E-state index contributed by atoms with van der Waals surface area (Å²) in [5, 5.41) is 15.7. The highest BCUT2D eigenvalue weighted by atomic mass is 16.5. The van der Waals surface area contributed by atoms with Gasteiger partial charge in [-0.3, -0.25) is 0 Å². The van der Waals surface area contributed by atoms with E-state index in [4.69, 9.17) is 9.84 Å². The lowest BCUT2D eigenvalue weighted by atomic mass is 10.0. The van der Waals surface area contributed by atoms with Crippen LogP contribution in [0, 0.1) is 0 Å². The van der Waals surface area contributed by atoms with Crippen LogP contribution in [0.2, 0.25) is 0 Å². The third-order valence-electron chi connectivity index (χ3n) is 4.70. The maximum Gasteiger partial charge on any atom is 0.224 e. The molecule has 128 valence electrons. The number of nitrogens with zero attached hydrogens (tertiary/aromatic N) is 2. The molecule has 2 aliphatic rings. The second kappa shape index (κ2) is 8.45. The lowest BCUT2D eigenvalue weighted by Crippen LogP contribution is -2.20. The summed E-state index contributed by atoms with van der Waals surface area (Å²) < 4.78 is 5.50. The lowest BCUT2D eigenvalue weighted by Gasteiger charge is -2.19. The van der Waals surface area contributed by atoms with Crippen molar-refractivity contribution in [2.45, 2.75) is 56.9 Å². The van der Waals surface area contributed by atoms with Crippen molar-refractivity contribution in [3.63, 3.8) is 0 Å². The molecule has 1 aromatic rings. The van der Waals surface area contributed by atoms with Crippen LogP contribution in [-0.2, 0) is 4.74 Å². The van der Waals surface area contributed by atoms with E-state index >= 15 is 0 Å². The van der Waals surface area contributed by atoms with Gasteiger partial charge in [0.2, 0.25) is 5.95 Å². The smallest absolute Gasteiger partial charge is 0.224 e. The zero-order chi connectivity index (χ0) is 15.9. The first-order valence-electron chi connectivity index (χ1n) is 8.93. The summed E-state index contributed by atoms with van der Waals surface area (Å²) in [6, 6.07) is 2.58. The van der Waals surface area contributed by atoms with Crippen molar-refractivity contribution >= 4 is 11.8 Å². The third-order valence-corrected chi connectivity index (χ3v) is 4.70. The van der Waals surface area contributed by atoms with Crippen LogP contribution in [0.5, 0.6) is 0 Å². The predicted octanol–water partition coefficient (Wildman–Crippen LogP) is 2.52. The molecule has 3 N–H and O–H groups in total. The molecule has 6 nitrogen and oxygen atoms in total. The van der Waals surface area contributed by atoms with Crippen LogP contribution in [0.3, 0.4) is 0 Å². The van der Waals surface area contributed by atoms with Gasteiger partial charge in [0.05, 0.1) is 18.9 Å². The second-order valence-electron chi connectivity index (χ2n) is 6.55. The predicted molar refractivity (Wildman–Crippen MR) is 90.9 cm³/mol. The zero-order valence-corrected chi connectivity index (χ0v) is 13.8. The first kappa shape index (κ1) is 16.5. The van der Waals surface area contributed by atoms with Gasteiger partial charge in [-0.1, -0.05) is 25.7 Å². The van der Waals surface area contributed by atoms with Gasteiger partial charge in [0.1, 0.15) is 5.82 Å². The van der Waals surface area contributed by atoms with Gasteiger partial charge in [0.15, 0.2) is 0 Å². The lowest BCUT2D eigenvalue weighted by molar-refractivity contribution is 0.193. The summed E-state index contributed by atoms with van der Waals surface area (Å²) in [5.41, 5.74) is 1.04. The maximum atomic E-state index is 9.02. The standard InChI is InChI=1S/C17H28N4O2/c22-9-8-18-17-20-15(13-7-10-23-12-13)11-16(21-17)19-14-5-3-1-2-4-6-14/h11,13-14,22H,1-10,12H2,(H2,18,19,20,21)/t13-/m1/s1. The van der Waals surface area contributed by atoms with Crippen molar-refractivity contribution < 1.29 is 9.84 Å². The van der Waals surface area contributed by atoms with E-state index in [2.05, 4.69) is 26.7 Å². The summed E-state index contributed by atoms with van der Waals surface area (Å²) in [4.78, 5) is 9.19. The molecule has 6 heteroatoms. The fourth-order valence-electron chi connectivity index (χ4n) is 3.40. The van der Waals surface area contributed by atoms with Gasteiger partial charge >= 0.3 is 0 Å². The van der Waals surface area contributed by atoms with Gasteiger partial charge in [-0.05, 0) is 19.3 Å². The molecular formula is C17H28N4O2. The number of ether oxygens (including phenoxy) is 1. The molecule has 2 heterocycles. The molecule has 1 saturated heterocycles. The number of rotatable bonds is 6. The molecule has 1 atom stereocenters. The van der Waals surface area contributed by atoms with Crippen molar-refractivity contribution in [1.82, 2.24) is 9.97 Å². The number of nitrogens with one attached hydrogen (secondary N) is 2. The average Bonchev–Trinajstić information content (AvgIpc) is 2.99. The summed E-state index contributed by atoms with van der Waals surface area (Å²) in [7, 11) is 0. The van der Waals surface area contributed by atoms with E-state index in [1.807, 2.05) is 0 Å². The normalized spacial score (nSPS) is 22.7. The quantitative estimate of drug-likeness (QED) is 0.699. The molecule has 2 fully saturated rings. The Balaban J connectivity index is 1.74. The van der Waals surface area contributed by atoms with Gasteiger partial charge in [-0.2, -0.15) is 4.98 Å². The Morgan fingerprint density at radius 3 is 2.65 bits per heavy atom. The number of hydrogen-bond donors (Lipinski definition) is 3. The van der Waals surface area contributed by atoms with Crippen LogP contribution in [0.25, 0.3) is 0 Å². The van der Waals surface area contributed by atoms with Crippen LogP contribution in [0.15, 0.2) is 6.07 Å². The number of aromatic nitrogens is 2. The molecular weight excluding hydrogens is 292 g/mol. The number of aliphatic hydroxyl groups is 1. The first-order valence-corrected chi connectivity index (χ1v) is 8.93. The highest BCUT2D eigenvalue weighted by Gasteiger charge is 2.21. The minimum Gasteiger partial charge on any atom is -0.395 e. The molecule has 0 bridgehead atoms. The van der Waals surface area contributed by atoms with E-state index in [0.717, 1.165) is 31.1 Å². The third kappa shape index (κ3) is 4.78. The highest BCUT2D eigenvalue weighted by molar-refractivity contribution is 5.44. The first-order chi connectivity index (χ1) is 11.3. The molecule has 1 aliphatic carbocycles. The van der Waals surface area contributed by atoms with Gasteiger partial charge in [-0.25, -0.2) is 4.98 Å². The Bertz CT molecular complexity index is 483. The van der Waals surface area contributed by atoms with Crippen molar-refractivity contribution in [2.75, 3.05) is 37.0 Å². The Morgan fingerprint density at radius 2 is 1.96 bits per heavy atom. The average molecular weight is 320 g/mol. The number of anilines is 2. The molecule has 23 heavy (non-hydrogen) atoms. The molecule has 0 amide bonds. The Hall–Kier alpha value is -1.40. The molecule has 1 aromatic heterocycles. The minimum atomic E-state index is 0.0749. The highest BCUT2D eigenvalue weighted by Crippen LogP contribution is 2.27. The molecule has 0 aromatic carbocycles. The van der Waals surface area contributed by atoms with Gasteiger partial charge in [0, 0.05) is 31.2 Å². The van der Waals surface area contributed by atoms with E-state index < -0.39 is 0 Å². The number of aliphatic hydroxyl groups excluding tert-OH is 1. The van der Waals surface area contributed by atoms with E-state index in [1.54, 1.807) is 0 Å². The fraction of sp³-hybridized carbons (Fsp3) is 0.765. The second-order valence-corrected chi connectivity index (χ2v) is 6.55. The van der Waals surface area contributed by atoms with Crippen LogP contribution in [0.1, 0.15) is 56.6 Å². The molecule has 0 spiro atoms. The monoisotopic (exact) mass is 320 g/mol. The van der Waals surface area contributed by atoms with Crippen LogP contribution in [0.4, 0.5) is 11.8 Å². The molecule has 0 unspecified atom stereocenters. The van der Waals surface area contributed by atoms with Crippen molar-refractivity contribution in [1.29, 1.82) is 0 Å². The van der Waals surface area contributed by atoms with Crippen molar-refractivity contribution in [2.24, 2.45) is 0 Å². The summed E-state index contributed by atoms with van der Waals surface area (Å²) >= 11 is 0. The number of hydrogen-bond acceptors (Lipinski definition) is 6. The molecule has 1 saturated carbocycles. The van der Waals surface area contributed by atoms with Crippen LogP contribution in [-0.4, -0.2) is 47.5 Å². The van der Waals surface area contributed by atoms with E-state index in [-0.39, 0.29) is 6.61 Å². The Labute approximate surface area is 138 Å². The van der Waals surface area contributed by atoms with E-state index in [9.17, 15) is 0 Å². The van der Waals surface area contributed by atoms with Crippen molar-refractivity contribution in [3.05, 3.63) is 11.8 Å². The fourth-order valence-corrected chi connectivity index (χ4v) is 3.40. The Morgan fingerprint density at radius 1 is 1.13 bits per heavy atom. The summed E-state index contributed by atoms with van der Waals surface area (Å²) in [5.74, 6) is 1.84. The summed E-state index contributed by atoms with van der Waals surface area (Å²) in [6.07, 6.45) is 8.71. The van der Waals surface area contributed by atoms with Crippen LogP contribution < -0.4 is 10.6 Å². The summed E-state index contributed by atoms with van der Waals surface area (Å²) in [6.45, 7) is 2.08. The van der Waals surface area contributed by atoms with E-state index in [0.29, 0.717) is 24.5 Å². The van der Waals surface area contributed by atoms with E-state index in [1.165, 1.54) is 38.5 Å². The van der Waals surface area contributed by atoms with Gasteiger partial charge in [0.25, 0.3) is 0 Å².